The summed E-state index contributed by atoms with van der Waals surface area (Å²) in [6.45, 7) is 3.14. The lowest BCUT2D eigenvalue weighted by Gasteiger charge is -2.28. The summed E-state index contributed by atoms with van der Waals surface area (Å²) in [5.41, 5.74) is 2.34. The number of hydrogen-bond acceptors (Lipinski definition) is 3. The Morgan fingerprint density at radius 1 is 1.28 bits per heavy atom. The van der Waals surface area contributed by atoms with E-state index in [9.17, 15) is 0 Å². The van der Waals surface area contributed by atoms with Crippen LogP contribution >= 0.6 is 11.8 Å². The molecular formula is C15H22N2S. The lowest BCUT2D eigenvalue weighted by atomic mass is 10.1. The third-order valence-electron chi connectivity index (χ3n) is 4.05. The molecule has 1 aromatic heterocycles. The summed E-state index contributed by atoms with van der Waals surface area (Å²) >= 11 is 2.24. The molecule has 18 heavy (non-hydrogen) atoms. The molecule has 0 spiro atoms. The van der Waals surface area contributed by atoms with Crippen LogP contribution < -0.4 is 5.32 Å². The molecule has 2 atom stereocenters. The van der Waals surface area contributed by atoms with Gasteiger partial charge in [-0.15, -0.1) is 0 Å². The monoisotopic (exact) mass is 262 g/mol. The van der Waals surface area contributed by atoms with Crippen molar-refractivity contribution in [2.45, 2.75) is 55.6 Å². The van der Waals surface area contributed by atoms with E-state index in [4.69, 9.17) is 0 Å². The molecule has 1 N–H and O–H groups in total. The summed E-state index contributed by atoms with van der Waals surface area (Å²) in [6.07, 6.45) is 6.71. The maximum absolute atomic E-state index is 4.55. The molecule has 0 saturated carbocycles. The second-order valence-electron chi connectivity index (χ2n) is 5.60. The number of aryl methyl sites for hydroxylation is 1. The van der Waals surface area contributed by atoms with Gasteiger partial charge in [-0.1, -0.05) is 6.07 Å². The van der Waals surface area contributed by atoms with Crippen LogP contribution in [0.3, 0.4) is 0 Å². The molecule has 2 bridgehead atoms. The van der Waals surface area contributed by atoms with Gasteiger partial charge in [0.1, 0.15) is 0 Å². The van der Waals surface area contributed by atoms with Crippen LogP contribution in [0.4, 0.5) is 0 Å². The van der Waals surface area contributed by atoms with E-state index in [0.29, 0.717) is 0 Å². The summed E-state index contributed by atoms with van der Waals surface area (Å²) in [5.74, 6) is 0. The smallest absolute Gasteiger partial charge is 0.0419 e. The highest BCUT2D eigenvalue weighted by molar-refractivity contribution is 8.00. The van der Waals surface area contributed by atoms with E-state index in [-0.39, 0.29) is 0 Å². The van der Waals surface area contributed by atoms with E-state index >= 15 is 0 Å². The molecule has 2 unspecified atom stereocenters. The van der Waals surface area contributed by atoms with Gasteiger partial charge in [0.2, 0.25) is 0 Å². The summed E-state index contributed by atoms with van der Waals surface area (Å²) in [4.78, 5) is 4.55. The Morgan fingerprint density at radius 2 is 2.06 bits per heavy atom. The number of thioether (sulfide) groups is 1. The average molecular weight is 262 g/mol. The van der Waals surface area contributed by atoms with Crippen molar-refractivity contribution in [2.24, 2.45) is 0 Å². The topological polar surface area (TPSA) is 24.9 Å². The summed E-state index contributed by atoms with van der Waals surface area (Å²) < 4.78 is 0. The first kappa shape index (κ1) is 12.5. The zero-order valence-corrected chi connectivity index (χ0v) is 11.9. The third kappa shape index (κ3) is 3.07. The first-order chi connectivity index (χ1) is 8.79. The predicted octanol–water partition coefficient (Wildman–Crippen LogP) is 2.95. The first-order valence-electron chi connectivity index (χ1n) is 7.11. The highest BCUT2D eigenvalue weighted by atomic mass is 32.2. The van der Waals surface area contributed by atoms with Crippen molar-refractivity contribution in [2.75, 3.05) is 6.54 Å². The molecule has 0 radical (unpaired) electrons. The van der Waals surface area contributed by atoms with Crippen LogP contribution in [0.5, 0.6) is 0 Å². The summed E-state index contributed by atoms with van der Waals surface area (Å²) in [6, 6.07) is 7.06. The van der Waals surface area contributed by atoms with Gasteiger partial charge in [0, 0.05) is 40.9 Å². The molecule has 98 valence electrons. The fraction of sp³-hybridized carbons (Fsp3) is 0.667. The predicted molar refractivity (Wildman–Crippen MR) is 78.1 cm³/mol. The minimum absolute atomic E-state index is 0.758. The average Bonchev–Trinajstić information content (AvgIpc) is 2.69. The Hall–Kier alpha value is -0.540. The van der Waals surface area contributed by atoms with Crippen LogP contribution in [0.1, 0.15) is 37.1 Å². The van der Waals surface area contributed by atoms with Gasteiger partial charge < -0.3 is 5.32 Å². The maximum Gasteiger partial charge on any atom is 0.0419 e. The minimum Gasteiger partial charge on any atom is -0.314 e. The van der Waals surface area contributed by atoms with E-state index in [0.717, 1.165) is 35.2 Å². The first-order valence-corrected chi connectivity index (χ1v) is 8.05. The number of nitrogens with one attached hydrogen (secondary N) is 1. The Morgan fingerprint density at radius 3 is 2.78 bits per heavy atom. The SMILES string of the molecule is Cc1cccc(CCNC2CC3CCC(C2)S3)n1. The van der Waals surface area contributed by atoms with E-state index < -0.39 is 0 Å². The molecule has 2 saturated heterocycles. The molecular weight excluding hydrogens is 240 g/mol. The molecule has 3 heteroatoms. The molecule has 2 aliphatic heterocycles. The highest BCUT2D eigenvalue weighted by Crippen LogP contribution is 2.43. The van der Waals surface area contributed by atoms with Crippen LogP contribution in [0.25, 0.3) is 0 Å². The van der Waals surface area contributed by atoms with Crippen molar-refractivity contribution in [3.05, 3.63) is 29.6 Å². The standard InChI is InChI=1S/C15H22N2S/c1-11-3-2-4-12(17-11)7-8-16-13-9-14-5-6-15(10-13)18-14/h2-4,13-16H,5-10H2,1H3. The molecule has 2 fully saturated rings. The van der Waals surface area contributed by atoms with E-state index in [1.54, 1.807) is 0 Å². The lowest BCUT2D eigenvalue weighted by molar-refractivity contribution is 0.457. The van der Waals surface area contributed by atoms with Gasteiger partial charge in [0.05, 0.1) is 0 Å². The van der Waals surface area contributed by atoms with Crippen LogP contribution in [-0.4, -0.2) is 28.1 Å². The molecule has 0 amide bonds. The molecule has 0 aromatic carbocycles. The van der Waals surface area contributed by atoms with Crippen molar-refractivity contribution >= 4 is 11.8 Å². The van der Waals surface area contributed by atoms with E-state index in [1.807, 2.05) is 0 Å². The molecule has 0 aliphatic carbocycles. The van der Waals surface area contributed by atoms with Gasteiger partial charge in [-0.3, -0.25) is 4.98 Å². The van der Waals surface area contributed by atoms with Gasteiger partial charge in [-0.2, -0.15) is 11.8 Å². The van der Waals surface area contributed by atoms with Crippen molar-refractivity contribution in [3.8, 4) is 0 Å². The second-order valence-corrected chi connectivity index (χ2v) is 7.21. The molecule has 2 nitrogen and oxygen atoms in total. The lowest BCUT2D eigenvalue weighted by Crippen LogP contribution is -2.36. The van der Waals surface area contributed by atoms with Gasteiger partial charge in [0.15, 0.2) is 0 Å². The largest absolute Gasteiger partial charge is 0.314 e. The normalized spacial score (nSPS) is 30.6. The maximum atomic E-state index is 4.55. The summed E-state index contributed by atoms with van der Waals surface area (Å²) in [5, 5.41) is 5.62. The van der Waals surface area contributed by atoms with Crippen LogP contribution in [0.2, 0.25) is 0 Å². The van der Waals surface area contributed by atoms with E-state index in [1.165, 1.54) is 31.4 Å². The third-order valence-corrected chi connectivity index (χ3v) is 5.68. The molecule has 3 rings (SSSR count). The molecule has 2 aliphatic rings. The quantitative estimate of drug-likeness (QED) is 0.903. The number of pyridine rings is 1. The van der Waals surface area contributed by atoms with Crippen LogP contribution in [0.15, 0.2) is 18.2 Å². The number of hydrogen-bond donors (Lipinski definition) is 1. The highest BCUT2D eigenvalue weighted by Gasteiger charge is 2.34. The Balaban J connectivity index is 1.45. The minimum atomic E-state index is 0.758. The number of nitrogens with zero attached hydrogens (tertiary/aromatic N) is 1. The van der Waals surface area contributed by atoms with E-state index in [2.05, 4.69) is 47.2 Å². The summed E-state index contributed by atoms with van der Waals surface area (Å²) in [7, 11) is 0. The number of aromatic nitrogens is 1. The van der Waals surface area contributed by atoms with Gasteiger partial charge in [-0.05, 0) is 44.7 Å². The number of rotatable bonds is 4. The Labute approximate surface area is 114 Å². The van der Waals surface area contributed by atoms with Gasteiger partial charge in [0.25, 0.3) is 0 Å². The number of fused-ring (bicyclic) bond motifs is 2. The van der Waals surface area contributed by atoms with Gasteiger partial charge in [-0.25, -0.2) is 0 Å². The fourth-order valence-corrected chi connectivity index (χ4v) is 4.94. The van der Waals surface area contributed by atoms with Crippen molar-refractivity contribution in [1.82, 2.24) is 10.3 Å². The van der Waals surface area contributed by atoms with Crippen molar-refractivity contribution in [1.29, 1.82) is 0 Å². The van der Waals surface area contributed by atoms with Crippen LogP contribution in [-0.2, 0) is 6.42 Å². The molecule has 3 heterocycles. The Kier molecular flexibility index (Phi) is 3.90. The fourth-order valence-electron chi connectivity index (χ4n) is 3.17. The second kappa shape index (κ2) is 5.62. The molecule has 1 aromatic rings. The van der Waals surface area contributed by atoms with Gasteiger partial charge >= 0.3 is 0 Å². The Bertz CT molecular complexity index is 395. The zero-order chi connectivity index (χ0) is 12.4. The van der Waals surface area contributed by atoms with Crippen molar-refractivity contribution < 1.29 is 0 Å². The zero-order valence-electron chi connectivity index (χ0n) is 11.1. The van der Waals surface area contributed by atoms with Crippen LogP contribution in [0, 0.1) is 6.92 Å². The van der Waals surface area contributed by atoms with Crippen molar-refractivity contribution in [3.63, 3.8) is 0 Å².